The number of carbonyl (C=O) groups excluding carboxylic acids is 2. The number of fused-ring (bicyclic) bond motifs is 3. The van der Waals surface area contributed by atoms with E-state index in [1.807, 2.05) is 0 Å². The third kappa shape index (κ3) is 4.89. The highest BCUT2D eigenvalue weighted by molar-refractivity contribution is 6.31. The molecule has 5 rings (SSSR count). The quantitative estimate of drug-likeness (QED) is 0.262. The number of hydrogen-bond acceptors (Lipinski definition) is 4. The zero-order chi connectivity index (χ0) is 28.2. The number of anilines is 1. The molecule has 0 saturated heterocycles. The van der Waals surface area contributed by atoms with E-state index in [1.165, 1.54) is 6.07 Å². The van der Waals surface area contributed by atoms with Gasteiger partial charge in [0.15, 0.2) is 5.58 Å². The maximum absolute atomic E-state index is 14.1. The predicted molar refractivity (Wildman–Crippen MR) is 124 cm³/mol. The average Bonchev–Trinajstić information content (AvgIpc) is 3.40. The number of hydrogen-bond donors (Lipinski definition) is 2. The van der Waals surface area contributed by atoms with Gasteiger partial charge in [0, 0.05) is 32.8 Å². The molecule has 4 aromatic rings. The fourth-order valence-corrected chi connectivity index (χ4v) is 4.61. The van der Waals surface area contributed by atoms with Crippen LogP contribution in [0.1, 0.15) is 49.1 Å². The van der Waals surface area contributed by atoms with Crippen molar-refractivity contribution in [3.8, 4) is 0 Å². The SMILES string of the molecule is O=C(Nc1cc2c(CC(F)F)noc2c2c1C(c1cc(F)ccc1Cl)NC2=O)c1cc(F)cc(C(F)(F)F)c1. The predicted octanol–water partition coefficient (Wildman–Crippen LogP) is 6.67. The standard InChI is InChI=1S/C25H13ClF7N3O3/c26-15-2-1-11(27)6-13(15)21-19-17(34-23(37)9-3-10(25(31,32)33)5-12(28)4-9)7-14-16(8-18(29)30)36-39-22(14)20(19)24(38)35-21/h1-7,18,21H,8H2,(H,34,37)(H,35,38). The largest absolute Gasteiger partial charge is 0.416 e. The highest BCUT2D eigenvalue weighted by atomic mass is 35.5. The summed E-state index contributed by atoms with van der Waals surface area (Å²) in [7, 11) is 0. The molecule has 202 valence electrons. The number of benzene rings is 3. The van der Waals surface area contributed by atoms with Gasteiger partial charge in [-0.25, -0.2) is 17.6 Å². The van der Waals surface area contributed by atoms with E-state index >= 15 is 0 Å². The van der Waals surface area contributed by atoms with E-state index in [2.05, 4.69) is 15.8 Å². The molecule has 0 radical (unpaired) electrons. The van der Waals surface area contributed by atoms with Crippen LogP contribution in [0.2, 0.25) is 5.02 Å². The molecule has 2 heterocycles. The van der Waals surface area contributed by atoms with Crippen LogP contribution in [-0.4, -0.2) is 23.4 Å². The molecular weight excluding hydrogens is 559 g/mol. The van der Waals surface area contributed by atoms with Crippen LogP contribution in [-0.2, 0) is 12.6 Å². The Kier molecular flexibility index (Phi) is 6.49. The Morgan fingerprint density at radius 2 is 1.85 bits per heavy atom. The van der Waals surface area contributed by atoms with Gasteiger partial charge in [0.25, 0.3) is 11.8 Å². The van der Waals surface area contributed by atoms with Crippen molar-refractivity contribution in [2.24, 2.45) is 0 Å². The fourth-order valence-electron chi connectivity index (χ4n) is 4.38. The minimum absolute atomic E-state index is 0.0165. The molecule has 2 amide bonds. The smallest absolute Gasteiger partial charge is 0.355 e. The maximum atomic E-state index is 14.1. The summed E-state index contributed by atoms with van der Waals surface area (Å²) in [6, 6.07) is 4.43. The van der Waals surface area contributed by atoms with E-state index in [4.69, 9.17) is 16.1 Å². The number of alkyl halides is 5. The molecular formula is C25H13ClF7N3O3. The summed E-state index contributed by atoms with van der Waals surface area (Å²) in [6.45, 7) is 0. The summed E-state index contributed by atoms with van der Waals surface area (Å²) in [5.74, 6) is -4.07. The number of aromatic nitrogens is 1. The summed E-state index contributed by atoms with van der Waals surface area (Å²) in [5, 5.41) is 8.40. The highest BCUT2D eigenvalue weighted by Gasteiger charge is 2.38. The zero-order valence-electron chi connectivity index (χ0n) is 19.1. The van der Waals surface area contributed by atoms with Crippen molar-refractivity contribution in [3.05, 3.63) is 92.6 Å². The average molecular weight is 572 g/mol. The first-order chi connectivity index (χ1) is 18.3. The number of halogens is 8. The summed E-state index contributed by atoms with van der Waals surface area (Å²) < 4.78 is 99.1. The van der Waals surface area contributed by atoms with Gasteiger partial charge < -0.3 is 15.2 Å². The molecule has 6 nitrogen and oxygen atoms in total. The second-order valence-corrected chi connectivity index (χ2v) is 8.97. The fraction of sp³-hybridized carbons (Fsp3) is 0.160. The third-order valence-corrected chi connectivity index (χ3v) is 6.37. The number of carbonyl (C=O) groups is 2. The molecule has 14 heteroatoms. The van der Waals surface area contributed by atoms with Crippen molar-refractivity contribution in [2.75, 3.05) is 5.32 Å². The molecule has 1 atom stereocenters. The molecule has 3 aromatic carbocycles. The van der Waals surface area contributed by atoms with Crippen molar-refractivity contribution in [1.29, 1.82) is 0 Å². The van der Waals surface area contributed by atoms with Crippen LogP contribution in [0.25, 0.3) is 11.0 Å². The number of nitrogens with one attached hydrogen (secondary N) is 2. The van der Waals surface area contributed by atoms with Gasteiger partial charge in [-0.05, 0) is 42.5 Å². The van der Waals surface area contributed by atoms with Gasteiger partial charge in [-0.1, -0.05) is 16.8 Å². The van der Waals surface area contributed by atoms with Crippen molar-refractivity contribution >= 4 is 40.1 Å². The van der Waals surface area contributed by atoms with Gasteiger partial charge in [-0.2, -0.15) is 13.2 Å². The van der Waals surface area contributed by atoms with Gasteiger partial charge in [-0.15, -0.1) is 0 Å². The first-order valence-electron chi connectivity index (χ1n) is 11.0. The lowest BCUT2D eigenvalue weighted by Gasteiger charge is -2.18. The summed E-state index contributed by atoms with van der Waals surface area (Å²) in [5.41, 5.74) is -3.07. The lowest BCUT2D eigenvalue weighted by atomic mass is 9.94. The number of rotatable bonds is 5. The van der Waals surface area contributed by atoms with Crippen molar-refractivity contribution in [3.63, 3.8) is 0 Å². The lowest BCUT2D eigenvalue weighted by Crippen LogP contribution is -2.21. The van der Waals surface area contributed by atoms with Crippen LogP contribution in [0, 0.1) is 11.6 Å². The second kappa shape index (κ2) is 9.56. The van der Waals surface area contributed by atoms with Crippen LogP contribution in [0.15, 0.2) is 47.0 Å². The molecule has 2 N–H and O–H groups in total. The molecule has 39 heavy (non-hydrogen) atoms. The first-order valence-corrected chi connectivity index (χ1v) is 11.4. The van der Waals surface area contributed by atoms with Crippen LogP contribution >= 0.6 is 11.6 Å². The van der Waals surface area contributed by atoms with Gasteiger partial charge in [-0.3, -0.25) is 9.59 Å². The van der Waals surface area contributed by atoms with Crippen LogP contribution in [0.4, 0.5) is 36.4 Å². The Hall–Kier alpha value is -4.13. The Morgan fingerprint density at radius 1 is 1.10 bits per heavy atom. The van der Waals surface area contributed by atoms with E-state index in [9.17, 15) is 40.3 Å². The van der Waals surface area contributed by atoms with E-state index in [1.54, 1.807) is 0 Å². The maximum Gasteiger partial charge on any atom is 0.416 e. The summed E-state index contributed by atoms with van der Waals surface area (Å²) in [4.78, 5) is 26.1. The third-order valence-electron chi connectivity index (χ3n) is 6.02. The van der Waals surface area contributed by atoms with Crippen LogP contribution < -0.4 is 10.6 Å². The monoisotopic (exact) mass is 571 g/mol. The molecule has 1 aliphatic rings. The van der Waals surface area contributed by atoms with Crippen molar-refractivity contribution in [2.45, 2.75) is 25.1 Å². The minimum atomic E-state index is -4.96. The van der Waals surface area contributed by atoms with Gasteiger partial charge in [0.2, 0.25) is 6.43 Å². The van der Waals surface area contributed by atoms with Gasteiger partial charge >= 0.3 is 6.18 Å². The molecule has 0 spiro atoms. The zero-order valence-corrected chi connectivity index (χ0v) is 19.9. The Bertz CT molecular complexity index is 1650. The van der Waals surface area contributed by atoms with Crippen LogP contribution in [0.5, 0.6) is 0 Å². The van der Waals surface area contributed by atoms with Crippen molar-refractivity contribution in [1.82, 2.24) is 10.5 Å². The van der Waals surface area contributed by atoms with Gasteiger partial charge in [0.05, 0.1) is 29.3 Å². The Balaban J connectivity index is 1.70. The Labute approximate surface area is 218 Å². The molecule has 1 aromatic heterocycles. The first kappa shape index (κ1) is 26.5. The molecule has 1 aliphatic heterocycles. The van der Waals surface area contributed by atoms with Crippen LogP contribution in [0.3, 0.4) is 0 Å². The summed E-state index contributed by atoms with van der Waals surface area (Å²) >= 11 is 6.23. The molecule has 0 bridgehead atoms. The highest BCUT2D eigenvalue weighted by Crippen LogP contribution is 2.44. The number of nitrogens with zero attached hydrogens (tertiary/aromatic N) is 1. The van der Waals surface area contributed by atoms with Crippen molar-refractivity contribution < 1.29 is 44.8 Å². The van der Waals surface area contributed by atoms with E-state index in [-0.39, 0.29) is 50.1 Å². The molecule has 0 aliphatic carbocycles. The summed E-state index contributed by atoms with van der Waals surface area (Å²) in [6.07, 6.45) is -8.69. The van der Waals surface area contributed by atoms with E-state index in [0.717, 1.165) is 18.2 Å². The molecule has 0 saturated carbocycles. The molecule has 0 fully saturated rings. The minimum Gasteiger partial charge on any atom is -0.355 e. The number of amides is 2. The lowest BCUT2D eigenvalue weighted by molar-refractivity contribution is -0.137. The van der Waals surface area contributed by atoms with E-state index < -0.39 is 59.6 Å². The topological polar surface area (TPSA) is 84.2 Å². The van der Waals surface area contributed by atoms with Gasteiger partial charge in [0.1, 0.15) is 11.6 Å². The Morgan fingerprint density at radius 3 is 2.54 bits per heavy atom. The second-order valence-electron chi connectivity index (χ2n) is 8.57. The van der Waals surface area contributed by atoms with E-state index in [0.29, 0.717) is 12.1 Å². The molecule has 1 unspecified atom stereocenters. The normalized spacial score (nSPS) is 15.1.